The van der Waals surface area contributed by atoms with Crippen LogP contribution in [0.25, 0.3) is 0 Å². The maximum atomic E-state index is 4.44. The van der Waals surface area contributed by atoms with Gasteiger partial charge in [0.15, 0.2) is 0 Å². The molecule has 18 heavy (non-hydrogen) atoms. The van der Waals surface area contributed by atoms with Crippen molar-refractivity contribution in [2.45, 2.75) is 20.0 Å². The molecule has 0 atom stereocenters. The summed E-state index contributed by atoms with van der Waals surface area (Å²) in [6.45, 7) is 4.68. The zero-order valence-electron chi connectivity index (χ0n) is 10.8. The highest BCUT2D eigenvalue weighted by atomic mass is 32.1. The predicted octanol–water partition coefficient (Wildman–Crippen LogP) is 2.28. The zero-order chi connectivity index (χ0) is 12.8. The van der Waals surface area contributed by atoms with Crippen molar-refractivity contribution in [3.05, 3.63) is 40.5 Å². The number of thiophene rings is 1. The van der Waals surface area contributed by atoms with Crippen LogP contribution in [-0.4, -0.2) is 23.6 Å². The van der Waals surface area contributed by atoms with Crippen LogP contribution in [0.3, 0.4) is 0 Å². The second-order valence-corrected chi connectivity index (χ2v) is 5.11. The van der Waals surface area contributed by atoms with Crippen LogP contribution < -0.4 is 10.2 Å². The van der Waals surface area contributed by atoms with E-state index in [1.54, 1.807) is 11.3 Å². The van der Waals surface area contributed by atoms with E-state index in [0.717, 1.165) is 31.1 Å². The summed E-state index contributed by atoms with van der Waals surface area (Å²) in [5, 5.41) is 5.33. The summed E-state index contributed by atoms with van der Waals surface area (Å²) < 4.78 is 0. The van der Waals surface area contributed by atoms with E-state index in [1.165, 1.54) is 4.88 Å². The first-order chi connectivity index (χ1) is 8.79. The van der Waals surface area contributed by atoms with Gasteiger partial charge in [-0.2, -0.15) is 0 Å². The Kier molecular flexibility index (Phi) is 4.66. The summed E-state index contributed by atoms with van der Waals surface area (Å²) in [4.78, 5) is 12.3. The summed E-state index contributed by atoms with van der Waals surface area (Å²) in [5.41, 5.74) is 0.977. The number of hydrogen-bond acceptors (Lipinski definition) is 5. The second kappa shape index (κ2) is 6.47. The molecular formula is C13H18N4S. The standard InChI is InChI=1S/C13H18N4S/c1-3-14-7-11-8-16-13(9-15-11)17(2)10-12-5-4-6-18-12/h4-6,8-9,14H,3,7,10H2,1-2H3. The average Bonchev–Trinajstić information content (AvgIpc) is 2.89. The second-order valence-electron chi connectivity index (χ2n) is 4.08. The molecule has 0 unspecified atom stereocenters. The summed E-state index contributed by atoms with van der Waals surface area (Å²) in [6, 6.07) is 4.20. The summed E-state index contributed by atoms with van der Waals surface area (Å²) in [7, 11) is 2.04. The van der Waals surface area contributed by atoms with Gasteiger partial charge in [-0.3, -0.25) is 4.98 Å². The van der Waals surface area contributed by atoms with E-state index >= 15 is 0 Å². The molecule has 0 radical (unpaired) electrons. The Labute approximate surface area is 112 Å². The lowest BCUT2D eigenvalue weighted by Gasteiger charge is -2.16. The fourth-order valence-electron chi connectivity index (χ4n) is 1.61. The van der Waals surface area contributed by atoms with Gasteiger partial charge in [-0.05, 0) is 18.0 Å². The van der Waals surface area contributed by atoms with E-state index < -0.39 is 0 Å². The minimum atomic E-state index is 0.776. The van der Waals surface area contributed by atoms with Crippen LogP contribution in [0.4, 0.5) is 5.82 Å². The van der Waals surface area contributed by atoms with E-state index in [1.807, 2.05) is 19.4 Å². The van der Waals surface area contributed by atoms with E-state index in [9.17, 15) is 0 Å². The highest BCUT2D eigenvalue weighted by Crippen LogP contribution is 2.15. The van der Waals surface area contributed by atoms with Crippen molar-refractivity contribution < 1.29 is 0 Å². The molecule has 2 aromatic rings. The molecule has 0 bridgehead atoms. The first-order valence-electron chi connectivity index (χ1n) is 6.04. The van der Waals surface area contributed by atoms with Gasteiger partial charge >= 0.3 is 0 Å². The molecule has 0 amide bonds. The Balaban J connectivity index is 1.96. The fourth-order valence-corrected chi connectivity index (χ4v) is 2.36. The summed E-state index contributed by atoms with van der Waals surface area (Å²) in [6.07, 6.45) is 3.67. The van der Waals surface area contributed by atoms with E-state index in [2.05, 4.69) is 44.6 Å². The number of nitrogens with one attached hydrogen (secondary N) is 1. The fraction of sp³-hybridized carbons (Fsp3) is 0.385. The molecule has 0 fully saturated rings. The van der Waals surface area contributed by atoms with Crippen LogP contribution >= 0.6 is 11.3 Å². The molecule has 2 heterocycles. The van der Waals surface area contributed by atoms with Crippen molar-refractivity contribution >= 4 is 17.2 Å². The minimum absolute atomic E-state index is 0.776. The maximum Gasteiger partial charge on any atom is 0.147 e. The van der Waals surface area contributed by atoms with Gasteiger partial charge in [0.1, 0.15) is 5.82 Å². The Morgan fingerprint density at radius 2 is 2.22 bits per heavy atom. The molecule has 0 aliphatic heterocycles. The lowest BCUT2D eigenvalue weighted by Crippen LogP contribution is -2.18. The molecule has 0 aliphatic carbocycles. The van der Waals surface area contributed by atoms with E-state index in [-0.39, 0.29) is 0 Å². The summed E-state index contributed by atoms with van der Waals surface area (Å²) >= 11 is 1.76. The molecule has 2 rings (SSSR count). The summed E-state index contributed by atoms with van der Waals surface area (Å²) in [5.74, 6) is 0.906. The average molecular weight is 262 g/mol. The number of nitrogens with zero attached hydrogens (tertiary/aromatic N) is 3. The van der Waals surface area contributed by atoms with Crippen LogP contribution in [0.5, 0.6) is 0 Å². The van der Waals surface area contributed by atoms with Gasteiger partial charge in [0.05, 0.1) is 24.6 Å². The highest BCUT2D eigenvalue weighted by Gasteiger charge is 2.05. The topological polar surface area (TPSA) is 41.1 Å². The van der Waals surface area contributed by atoms with Gasteiger partial charge in [-0.25, -0.2) is 4.98 Å². The lowest BCUT2D eigenvalue weighted by atomic mass is 10.4. The predicted molar refractivity (Wildman–Crippen MR) is 75.8 cm³/mol. The first-order valence-corrected chi connectivity index (χ1v) is 6.92. The molecule has 1 N–H and O–H groups in total. The molecule has 0 saturated carbocycles. The largest absolute Gasteiger partial charge is 0.353 e. The van der Waals surface area contributed by atoms with Crippen LogP contribution in [0.15, 0.2) is 29.9 Å². The molecule has 0 aliphatic rings. The molecular weight excluding hydrogens is 244 g/mol. The lowest BCUT2D eigenvalue weighted by molar-refractivity contribution is 0.706. The third-order valence-electron chi connectivity index (χ3n) is 2.61. The number of hydrogen-bond donors (Lipinski definition) is 1. The number of aromatic nitrogens is 2. The quantitative estimate of drug-likeness (QED) is 0.867. The SMILES string of the molecule is CCNCc1cnc(N(C)Cc2cccs2)cn1. The Morgan fingerprint density at radius 3 is 2.83 bits per heavy atom. The zero-order valence-corrected chi connectivity index (χ0v) is 11.6. The van der Waals surface area contributed by atoms with Gasteiger partial charge in [0.2, 0.25) is 0 Å². The van der Waals surface area contributed by atoms with Gasteiger partial charge in [0, 0.05) is 18.5 Å². The monoisotopic (exact) mass is 262 g/mol. The Morgan fingerprint density at radius 1 is 1.33 bits per heavy atom. The van der Waals surface area contributed by atoms with Gasteiger partial charge < -0.3 is 10.2 Å². The van der Waals surface area contributed by atoms with Crippen LogP contribution in [0, 0.1) is 0 Å². The number of anilines is 1. The Hall–Kier alpha value is -1.46. The minimum Gasteiger partial charge on any atom is -0.353 e. The van der Waals surface area contributed by atoms with Crippen molar-refractivity contribution in [1.29, 1.82) is 0 Å². The van der Waals surface area contributed by atoms with Gasteiger partial charge in [-0.1, -0.05) is 13.0 Å². The molecule has 0 saturated heterocycles. The third kappa shape index (κ3) is 3.51. The van der Waals surface area contributed by atoms with Crippen molar-refractivity contribution in [3.8, 4) is 0 Å². The van der Waals surface area contributed by atoms with Crippen LogP contribution in [0.2, 0.25) is 0 Å². The van der Waals surface area contributed by atoms with Crippen molar-refractivity contribution in [1.82, 2.24) is 15.3 Å². The van der Waals surface area contributed by atoms with Gasteiger partial charge in [0.25, 0.3) is 0 Å². The smallest absolute Gasteiger partial charge is 0.147 e. The molecule has 5 heteroatoms. The molecule has 0 aromatic carbocycles. The van der Waals surface area contributed by atoms with Crippen molar-refractivity contribution in [2.75, 3.05) is 18.5 Å². The normalized spacial score (nSPS) is 10.6. The van der Waals surface area contributed by atoms with E-state index in [4.69, 9.17) is 0 Å². The van der Waals surface area contributed by atoms with Gasteiger partial charge in [-0.15, -0.1) is 11.3 Å². The third-order valence-corrected chi connectivity index (χ3v) is 3.47. The highest BCUT2D eigenvalue weighted by molar-refractivity contribution is 7.09. The van der Waals surface area contributed by atoms with Crippen molar-refractivity contribution in [3.63, 3.8) is 0 Å². The number of rotatable bonds is 6. The van der Waals surface area contributed by atoms with Crippen LogP contribution in [-0.2, 0) is 13.1 Å². The maximum absolute atomic E-state index is 4.44. The van der Waals surface area contributed by atoms with E-state index in [0.29, 0.717) is 0 Å². The first kappa shape index (κ1) is 13.0. The van der Waals surface area contributed by atoms with Crippen molar-refractivity contribution in [2.24, 2.45) is 0 Å². The molecule has 2 aromatic heterocycles. The molecule has 96 valence electrons. The molecule has 0 spiro atoms. The van der Waals surface area contributed by atoms with Crippen LogP contribution in [0.1, 0.15) is 17.5 Å². The molecule has 4 nitrogen and oxygen atoms in total. The Bertz CT molecular complexity index is 452.